The third-order valence-corrected chi connectivity index (χ3v) is 4.19. The summed E-state index contributed by atoms with van der Waals surface area (Å²) in [7, 11) is 0. The van der Waals surface area contributed by atoms with Gasteiger partial charge in [0.25, 0.3) is 0 Å². The van der Waals surface area contributed by atoms with Crippen LogP contribution in [-0.2, 0) is 0 Å². The molecule has 1 aliphatic heterocycles. The first kappa shape index (κ1) is 13.7. The van der Waals surface area contributed by atoms with Crippen LogP contribution < -0.4 is 9.80 Å². The third-order valence-electron chi connectivity index (χ3n) is 3.49. The molecule has 2 aromatic rings. The summed E-state index contributed by atoms with van der Waals surface area (Å²) in [5.74, 6) is 1.04. The van der Waals surface area contributed by atoms with Crippen molar-refractivity contribution in [3.8, 4) is 0 Å². The summed E-state index contributed by atoms with van der Waals surface area (Å²) in [6, 6.07) is 12.1. The Morgan fingerprint density at radius 1 is 1.00 bits per heavy atom. The van der Waals surface area contributed by atoms with E-state index in [4.69, 9.17) is 11.6 Å². The molecule has 0 bridgehead atoms. The number of pyridine rings is 1. The van der Waals surface area contributed by atoms with Crippen molar-refractivity contribution in [1.29, 1.82) is 0 Å². The molecule has 0 aliphatic carbocycles. The Morgan fingerprint density at radius 2 is 1.75 bits per heavy atom. The molecule has 1 saturated heterocycles. The Kier molecular flexibility index (Phi) is 4.13. The van der Waals surface area contributed by atoms with Crippen LogP contribution in [0.15, 0.2) is 47.1 Å². The SMILES string of the molecule is Clc1cccc(N2CCN(c3ccc(Br)cn3)CC2)c1. The smallest absolute Gasteiger partial charge is 0.128 e. The fourth-order valence-electron chi connectivity index (χ4n) is 2.42. The van der Waals surface area contributed by atoms with Crippen molar-refractivity contribution in [2.45, 2.75) is 0 Å². The van der Waals surface area contributed by atoms with Gasteiger partial charge >= 0.3 is 0 Å². The second-order valence-corrected chi connectivity index (χ2v) is 6.14. The van der Waals surface area contributed by atoms with Gasteiger partial charge in [-0.15, -0.1) is 0 Å². The van der Waals surface area contributed by atoms with Gasteiger partial charge in [-0.2, -0.15) is 0 Å². The first-order valence-electron chi connectivity index (χ1n) is 6.59. The van der Waals surface area contributed by atoms with E-state index in [9.17, 15) is 0 Å². The van der Waals surface area contributed by atoms with Crippen molar-refractivity contribution in [3.63, 3.8) is 0 Å². The fourth-order valence-corrected chi connectivity index (χ4v) is 2.84. The topological polar surface area (TPSA) is 19.4 Å². The summed E-state index contributed by atoms with van der Waals surface area (Å²) in [5, 5.41) is 0.791. The molecular weight excluding hydrogens is 338 g/mol. The van der Waals surface area contributed by atoms with Gasteiger partial charge in [0, 0.05) is 47.6 Å². The van der Waals surface area contributed by atoms with Crippen LogP contribution in [0.5, 0.6) is 0 Å². The Balaban J connectivity index is 1.66. The second kappa shape index (κ2) is 6.02. The highest BCUT2D eigenvalue weighted by atomic mass is 79.9. The number of rotatable bonds is 2. The minimum atomic E-state index is 0.791. The van der Waals surface area contributed by atoms with Gasteiger partial charge in [-0.1, -0.05) is 17.7 Å². The van der Waals surface area contributed by atoms with Crippen molar-refractivity contribution in [3.05, 3.63) is 52.1 Å². The van der Waals surface area contributed by atoms with E-state index in [0.29, 0.717) is 0 Å². The number of nitrogens with zero attached hydrogens (tertiary/aromatic N) is 3. The summed E-state index contributed by atoms with van der Waals surface area (Å²) in [4.78, 5) is 9.13. The Labute approximate surface area is 132 Å². The zero-order chi connectivity index (χ0) is 13.9. The molecule has 3 nitrogen and oxygen atoms in total. The molecule has 0 unspecified atom stereocenters. The predicted octanol–water partition coefficient (Wildman–Crippen LogP) is 3.82. The highest BCUT2D eigenvalue weighted by Gasteiger charge is 2.18. The first-order valence-corrected chi connectivity index (χ1v) is 7.76. The van der Waals surface area contributed by atoms with Gasteiger partial charge in [0.2, 0.25) is 0 Å². The maximum absolute atomic E-state index is 6.05. The van der Waals surface area contributed by atoms with Gasteiger partial charge in [0.1, 0.15) is 5.82 Å². The minimum Gasteiger partial charge on any atom is -0.368 e. The first-order chi connectivity index (χ1) is 9.72. The molecule has 1 aromatic heterocycles. The molecule has 1 aliphatic rings. The standard InChI is InChI=1S/C15H15BrClN3/c16-12-4-5-15(18-11-12)20-8-6-19(7-9-20)14-3-1-2-13(17)10-14/h1-5,10-11H,6-9H2. The summed E-state index contributed by atoms with van der Waals surface area (Å²) >= 11 is 9.47. The molecule has 104 valence electrons. The molecular formula is C15H15BrClN3. The highest BCUT2D eigenvalue weighted by molar-refractivity contribution is 9.10. The summed E-state index contributed by atoms with van der Waals surface area (Å²) in [6.45, 7) is 3.92. The number of piperazine rings is 1. The van der Waals surface area contributed by atoms with E-state index in [1.807, 2.05) is 30.5 Å². The lowest BCUT2D eigenvalue weighted by Crippen LogP contribution is -2.46. The van der Waals surface area contributed by atoms with Crippen LogP contribution in [0.2, 0.25) is 5.02 Å². The largest absolute Gasteiger partial charge is 0.368 e. The van der Waals surface area contributed by atoms with Crippen LogP contribution in [0, 0.1) is 0 Å². The molecule has 20 heavy (non-hydrogen) atoms. The Bertz CT molecular complexity index is 580. The van der Waals surface area contributed by atoms with Crippen molar-refractivity contribution in [2.24, 2.45) is 0 Å². The predicted molar refractivity (Wildman–Crippen MR) is 87.8 cm³/mol. The molecule has 1 fully saturated rings. The zero-order valence-electron chi connectivity index (χ0n) is 11.0. The molecule has 0 amide bonds. The molecule has 0 N–H and O–H groups in total. The number of hydrogen-bond donors (Lipinski definition) is 0. The fraction of sp³-hybridized carbons (Fsp3) is 0.267. The van der Waals surface area contributed by atoms with Gasteiger partial charge in [-0.25, -0.2) is 4.98 Å². The van der Waals surface area contributed by atoms with Gasteiger partial charge in [-0.05, 0) is 46.3 Å². The van der Waals surface area contributed by atoms with E-state index in [2.05, 4.69) is 42.8 Å². The van der Waals surface area contributed by atoms with Crippen molar-refractivity contribution in [2.75, 3.05) is 36.0 Å². The lowest BCUT2D eigenvalue weighted by Gasteiger charge is -2.36. The molecule has 0 saturated carbocycles. The Morgan fingerprint density at radius 3 is 2.40 bits per heavy atom. The van der Waals surface area contributed by atoms with E-state index in [-0.39, 0.29) is 0 Å². The van der Waals surface area contributed by atoms with E-state index >= 15 is 0 Å². The summed E-state index contributed by atoms with van der Waals surface area (Å²) in [6.07, 6.45) is 1.85. The van der Waals surface area contributed by atoms with Gasteiger partial charge < -0.3 is 9.80 Å². The quantitative estimate of drug-likeness (QED) is 0.819. The number of aromatic nitrogens is 1. The van der Waals surface area contributed by atoms with Crippen molar-refractivity contribution >= 4 is 39.0 Å². The van der Waals surface area contributed by atoms with Gasteiger partial charge in [0.15, 0.2) is 0 Å². The monoisotopic (exact) mass is 351 g/mol. The lowest BCUT2D eigenvalue weighted by molar-refractivity contribution is 0.647. The van der Waals surface area contributed by atoms with Gasteiger partial charge in [0.05, 0.1) is 0 Å². The molecule has 1 aromatic carbocycles. The van der Waals surface area contributed by atoms with Crippen LogP contribution in [-0.4, -0.2) is 31.2 Å². The van der Waals surface area contributed by atoms with Crippen LogP contribution in [0.1, 0.15) is 0 Å². The van der Waals surface area contributed by atoms with Gasteiger partial charge in [-0.3, -0.25) is 0 Å². The zero-order valence-corrected chi connectivity index (χ0v) is 13.3. The average Bonchev–Trinajstić information content (AvgIpc) is 2.48. The van der Waals surface area contributed by atoms with E-state index < -0.39 is 0 Å². The maximum atomic E-state index is 6.05. The highest BCUT2D eigenvalue weighted by Crippen LogP contribution is 2.22. The Hall–Kier alpha value is -1.26. The summed E-state index contributed by atoms with van der Waals surface area (Å²) in [5.41, 5.74) is 1.20. The molecule has 2 heterocycles. The number of halogens is 2. The van der Waals surface area contributed by atoms with Crippen LogP contribution in [0.25, 0.3) is 0 Å². The van der Waals surface area contributed by atoms with E-state index in [1.165, 1.54) is 5.69 Å². The maximum Gasteiger partial charge on any atom is 0.128 e. The third kappa shape index (κ3) is 3.07. The molecule has 0 atom stereocenters. The molecule has 0 radical (unpaired) electrons. The molecule has 5 heteroatoms. The average molecular weight is 353 g/mol. The number of benzene rings is 1. The second-order valence-electron chi connectivity index (χ2n) is 4.79. The molecule has 0 spiro atoms. The van der Waals surface area contributed by atoms with Crippen LogP contribution in [0.4, 0.5) is 11.5 Å². The number of hydrogen-bond acceptors (Lipinski definition) is 3. The van der Waals surface area contributed by atoms with Crippen molar-refractivity contribution < 1.29 is 0 Å². The van der Waals surface area contributed by atoms with Crippen molar-refractivity contribution in [1.82, 2.24) is 4.98 Å². The van der Waals surface area contributed by atoms with E-state index in [0.717, 1.165) is 41.5 Å². The molecule has 3 rings (SSSR count). The van der Waals surface area contributed by atoms with E-state index in [1.54, 1.807) is 0 Å². The summed E-state index contributed by atoms with van der Waals surface area (Å²) < 4.78 is 1.01. The lowest BCUT2D eigenvalue weighted by atomic mass is 10.2. The van der Waals surface area contributed by atoms with Crippen LogP contribution in [0.3, 0.4) is 0 Å². The minimum absolute atomic E-state index is 0.791. The normalized spacial score (nSPS) is 15.5. The number of anilines is 2. The van der Waals surface area contributed by atoms with Crippen LogP contribution >= 0.6 is 27.5 Å².